The smallest absolute Gasteiger partial charge is 0.318 e. The van der Waals surface area contributed by atoms with Crippen molar-refractivity contribution in [2.75, 3.05) is 13.7 Å². The number of esters is 1. The second kappa shape index (κ2) is 6.01. The van der Waals surface area contributed by atoms with Crippen LogP contribution in [0.5, 0.6) is 0 Å². The number of nitrogens with zero attached hydrogens (tertiary/aromatic N) is 4. The summed E-state index contributed by atoms with van der Waals surface area (Å²) in [5, 5.41) is 11.9. The maximum absolute atomic E-state index is 12.4. The Morgan fingerprint density at radius 2 is 2.24 bits per heavy atom. The highest BCUT2D eigenvalue weighted by Crippen LogP contribution is 2.29. The maximum atomic E-state index is 12.4. The lowest BCUT2D eigenvalue weighted by molar-refractivity contribution is -0.147. The minimum atomic E-state index is -1.01. The lowest BCUT2D eigenvalue weighted by atomic mass is 9.77. The van der Waals surface area contributed by atoms with E-state index in [1.165, 1.54) is 11.9 Å². The molecule has 0 fully saturated rings. The van der Waals surface area contributed by atoms with Crippen molar-refractivity contribution < 1.29 is 9.53 Å². The van der Waals surface area contributed by atoms with E-state index in [0.717, 1.165) is 11.1 Å². The van der Waals surface area contributed by atoms with E-state index >= 15 is 0 Å². The molecule has 7 nitrogen and oxygen atoms in total. The van der Waals surface area contributed by atoms with Crippen LogP contribution in [0, 0.1) is 6.92 Å². The van der Waals surface area contributed by atoms with Crippen molar-refractivity contribution in [3.05, 3.63) is 41.2 Å². The first kappa shape index (κ1) is 15.1. The lowest BCUT2D eigenvalue weighted by Gasteiger charge is -2.29. The van der Waals surface area contributed by atoms with Crippen LogP contribution in [0.15, 0.2) is 24.3 Å². The third-order valence-corrected chi connectivity index (χ3v) is 3.50. The molecule has 0 saturated heterocycles. The van der Waals surface area contributed by atoms with Gasteiger partial charge in [0.25, 0.3) is 0 Å². The van der Waals surface area contributed by atoms with E-state index in [4.69, 9.17) is 10.5 Å². The van der Waals surface area contributed by atoms with Crippen LogP contribution < -0.4 is 5.73 Å². The molecule has 0 aliphatic heterocycles. The lowest BCUT2D eigenvalue weighted by Crippen LogP contribution is -2.46. The molecule has 21 heavy (non-hydrogen) atoms. The quantitative estimate of drug-likeness (QED) is 0.786. The van der Waals surface area contributed by atoms with Crippen LogP contribution in [-0.2, 0) is 28.4 Å². The summed E-state index contributed by atoms with van der Waals surface area (Å²) >= 11 is 0. The molecule has 1 aromatic carbocycles. The fourth-order valence-corrected chi connectivity index (χ4v) is 2.37. The number of nitrogens with two attached hydrogens (primary N) is 1. The molecule has 1 heterocycles. The van der Waals surface area contributed by atoms with E-state index in [-0.39, 0.29) is 13.0 Å². The molecule has 1 aromatic heterocycles. The van der Waals surface area contributed by atoms with Crippen LogP contribution in [0.4, 0.5) is 0 Å². The van der Waals surface area contributed by atoms with E-state index < -0.39 is 11.4 Å². The topological polar surface area (TPSA) is 95.9 Å². The fourth-order valence-electron chi connectivity index (χ4n) is 2.37. The molecular weight excluding hydrogens is 270 g/mol. The Morgan fingerprint density at radius 3 is 2.76 bits per heavy atom. The number of carbonyl (C=O) groups is 1. The van der Waals surface area contributed by atoms with Crippen molar-refractivity contribution in [2.24, 2.45) is 12.8 Å². The van der Waals surface area contributed by atoms with Crippen LogP contribution in [-0.4, -0.2) is 39.8 Å². The van der Waals surface area contributed by atoms with Gasteiger partial charge < -0.3 is 10.5 Å². The van der Waals surface area contributed by atoms with Crippen molar-refractivity contribution in [1.29, 1.82) is 0 Å². The van der Waals surface area contributed by atoms with Crippen molar-refractivity contribution in [3.63, 3.8) is 0 Å². The molecule has 1 atom stereocenters. The second-order valence-corrected chi connectivity index (χ2v) is 5.02. The van der Waals surface area contributed by atoms with E-state index in [1.807, 2.05) is 31.2 Å². The molecule has 0 radical (unpaired) electrons. The Morgan fingerprint density at radius 1 is 1.48 bits per heavy atom. The van der Waals surface area contributed by atoms with Crippen LogP contribution in [0.3, 0.4) is 0 Å². The molecule has 0 saturated carbocycles. The number of ether oxygens (including phenoxy) is 1. The van der Waals surface area contributed by atoms with Gasteiger partial charge in [0.2, 0.25) is 0 Å². The Hall–Kier alpha value is -2.28. The molecule has 2 aromatic rings. The van der Waals surface area contributed by atoms with Crippen LogP contribution in [0.2, 0.25) is 0 Å². The summed E-state index contributed by atoms with van der Waals surface area (Å²) in [6.45, 7) is 2.06. The largest absolute Gasteiger partial charge is 0.468 e. The molecule has 2 rings (SSSR count). The summed E-state index contributed by atoms with van der Waals surface area (Å²) in [5.74, 6) is 0.0536. The van der Waals surface area contributed by atoms with Crippen molar-refractivity contribution in [2.45, 2.75) is 18.8 Å². The van der Waals surface area contributed by atoms with Gasteiger partial charge in [-0.1, -0.05) is 29.8 Å². The van der Waals surface area contributed by atoms with Gasteiger partial charge in [0.05, 0.1) is 14.2 Å². The minimum Gasteiger partial charge on any atom is -0.468 e. The molecule has 2 N–H and O–H groups in total. The van der Waals surface area contributed by atoms with Gasteiger partial charge in [-0.3, -0.25) is 4.79 Å². The standard InChI is InChI=1S/C14H19N5O2/c1-10-5-4-6-11(7-10)14(9-15,13(20)21-3)8-12-16-18-19(2)17-12/h4-7H,8-9,15H2,1-3H3. The van der Waals surface area contributed by atoms with Gasteiger partial charge >= 0.3 is 5.97 Å². The molecule has 0 aliphatic rings. The summed E-state index contributed by atoms with van der Waals surface area (Å²) in [7, 11) is 3.03. The zero-order chi connectivity index (χ0) is 15.5. The zero-order valence-electron chi connectivity index (χ0n) is 12.4. The van der Waals surface area contributed by atoms with Crippen molar-refractivity contribution >= 4 is 5.97 Å². The number of hydrogen-bond acceptors (Lipinski definition) is 6. The number of tetrazole rings is 1. The van der Waals surface area contributed by atoms with Gasteiger partial charge in [-0.25, -0.2) is 0 Å². The van der Waals surface area contributed by atoms with Crippen LogP contribution in [0.25, 0.3) is 0 Å². The molecular formula is C14H19N5O2. The Balaban J connectivity index is 2.50. The average molecular weight is 289 g/mol. The Bertz CT molecular complexity index is 640. The highest BCUT2D eigenvalue weighted by molar-refractivity contribution is 5.84. The first-order chi connectivity index (χ1) is 10.0. The molecule has 0 amide bonds. The zero-order valence-corrected chi connectivity index (χ0v) is 12.4. The van der Waals surface area contributed by atoms with E-state index in [9.17, 15) is 4.79 Å². The monoisotopic (exact) mass is 289 g/mol. The summed E-state index contributed by atoms with van der Waals surface area (Å²) in [5.41, 5.74) is 6.77. The van der Waals surface area contributed by atoms with Gasteiger partial charge in [0.15, 0.2) is 5.82 Å². The second-order valence-electron chi connectivity index (χ2n) is 5.02. The number of carbonyl (C=O) groups excluding carboxylic acids is 1. The molecule has 0 bridgehead atoms. The normalized spacial score (nSPS) is 13.7. The number of methoxy groups -OCH3 is 1. The third kappa shape index (κ3) is 2.92. The molecule has 112 valence electrons. The maximum Gasteiger partial charge on any atom is 0.318 e. The summed E-state index contributed by atoms with van der Waals surface area (Å²) in [4.78, 5) is 13.8. The highest BCUT2D eigenvalue weighted by Gasteiger charge is 2.41. The van der Waals surface area contributed by atoms with Crippen LogP contribution >= 0.6 is 0 Å². The van der Waals surface area contributed by atoms with Gasteiger partial charge in [-0.15, -0.1) is 10.2 Å². The number of benzene rings is 1. The fraction of sp³-hybridized carbons (Fsp3) is 0.429. The molecule has 7 heteroatoms. The van der Waals surface area contributed by atoms with Gasteiger partial charge in [0, 0.05) is 13.0 Å². The average Bonchev–Trinajstić information content (AvgIpc) is 2.89. The van der Waals surface area contributed by atoms with Crippen molar-refractivity contribution in [3.8, 4) is 0 Å². The van der Waals surface area contributed by atoms with Crippen molar-refractivity contribution in [1.82, 2.24) is 20.2 Å². The molecule has 0 spiro atoms. The predicted octanol–water partition coefficient (Wildman–Crippen LogP) is 0.131. The van der Waals surface area contributed by atoms with Gasteiger partial charge in [-0.2, -0.15) is 4.80 Å². The number of aromatic nitrogens is 4. The van der Waals surface area contributed by atoms with Gasteiger partial charge in [-0.05, 0) is 17.7 Å². The highest BCUT2D eigenvalue weighted by atomic mass is 16.5. The van der Waals surface area contributed by atoms with Crippen LogP contribution in [0.1, 0.15) is 17.0 Å². The third-order valence-electron chi connectivity index (χ3n) is 3.50. The summed E-state index contributed by atoms with van der Waals surface area (Å²) in [6.07, 6.45) is 0.244. The number of aryl methyl sites for hydroxylation is 2. The SMILES string of the molecule is COC(=O)C(CN)(Cc1nnn(C)n1)c1cccc(C)c1. The Labute approximate surface area is 123 Å². The predicted molar refractivity (Wildman–Crippen MR) is 76.4 cm³/mol. The summed E-state index contributed by atoms with van der Waals surface area (Å²) in [6, 6.07) is 7.65. The number of rotatable bonds is 5. The van der Waals surface area contributed by atoms with E-state index in [0.29, 0.717) is 5.82 Å². The minimum absolute atomic E-state index is 0.0986. The molecule has 0 aliphatic carbocycles. The van der Waals surface area contributed by atoms with Gasteiger partial charge in [0.1, 0.15) is 5.41 Å². The molecule has 1 unspecified atom stereocenters. The first-order valence-corrected chi connectivity index (χ1v) is 6.60. The summed E-state index contributed by atoms with van der Waals surface area (Å²) < 4.78 is 4.98. The van der Waals surface area contributed by atoms with E-state index in [1.54, 1.807) is 7.05 Å². The first-order valence-electron chi connectivity index (χ1n) is 6.60. The number of hydrogen-bond donors (Lipinski definition) is 1. The Kier molecular flexibility index (Phi) is 4.32. The van der Waals surface area contributed by atoms with E-state index in [2.05, 4.69) is 15.4 Å².